The van der Waals surface area contributed by atoms with E-state index in [2.05, 4.69) is 21.6 Å². The van der Waals surface area contributed by atoms with Crippen LogP contribution in [0.25, 0.3) is 0 Å². The van der Waals surface area contributed by atoms with E-state index in [0.29, 0.717) is 12.7 Å². The summed E-state index contributed by atoms with van der Waals surface area (Å²) in [6.07, 6.45) is 6.86. The Bertz CT molecular complexity index is 466. The van der Waals surface area contributed by atoms with Gasteiger partial charge in [-0.1, -0.05) is 0 Å². The molecule has 148 valence electrons. The zero-order chi connectivity index (χ0) is 17.9. The van der Waals surface area contributed by atoms with Crippen molar-refractivity contribution in [2.45, 2.75) is 57.9 Å². The van der Waals surface area contributed by atoms with Crippen LogP contribution in [-0.2, 0) is 14.3 Å². The molecular formula is C20H34N2O3S. The van der Waals surface area contributed by atoms with Crippen molar-refractivity contribution in [2.75, 3.05) is 44.3 Å². The quantitative estimate of drug-likeness (QED) is 0.658. The predicted octanol–water partition coefficient (Wildman–Crippen LogP) is 2.80. The number of ether oxygens (including phenoxy) is 2. The fraction of sp³-hybridized carbons (Fsp3) is 0.950. The predicted molar refractivity (Wildman–Crippen MR) is 104 cm³/mol. The molecule has 1 saturated carbocycles. The summed E-state index contributed by atoms with van der Waals surface area (Å²) < 4.78 is 11.9. The molecule has 0 aromatic heterocycles. The molecular weight excluding hydrogens is 348 g/mol. The minimum Gasteiger partial charge on any atom is -0.466 e. The maximum absolute atomic E-state index is 12.0. The molecule has 1 unspecified atom stereocenters. The third-order valence-electron chi connectivity index (χ3n) is 6.64. The van der Waals surface area contributed by atoms with Gasteiger partial charge in [0.15, 0.2) is 6.35 Å². The van der Waals surface area contributed by atoms with Crippen molar-refractivity contribution < 1.29 is 14.3 Å². The lowest BCUT2D eigenvalue weighted by atomic mass is 9.87. The van der Waals surface area contributed by atoms with Crippen LogP contribution in [0.1, 0.15) is 45.4 Å². The van der Waals surface area contributed by atoms with E-state index < -0.39 is 0 Å². The lowest BCUT2D eigenvalue weighted by Gasteiger charge is -2.39. The first-order chi connectivity index (χ1) is 12.7. The number of fused-ring (bicyclic) bond motifs is 1. The third-order valence-corrected chi connectivity index (χ3v) is 7.97. The first-order valence-electron chi connectivity index (χ1n) is 10.6. The number of carbonyl (C=O) groups excluding carboxylic acids is 1. The lowest BCUT2D eigenvalue weighted by molar-refractivity contribution is -0.180. The molecule has 0 bridgehead atoms. The van der Waals surface area contributed by atoms with E-state index in [4.69, 9.17) is 9.47 Å². The van der Waals surface area contributed by atoms with Gasteiger partial charge in [-0.2, -0.15) is 11.8 Å². The van der Waals surface area contributed by atoms with E-state index >= 15 is 0 Å². The van der Waals surface area contributed by atoms with Crippen LogP contribution in [-0.4, -0.2) is 72.5 Å². The molecule has 0 radical (unpaired) electrons. The standard InChI is InChI=1S/C20H34N2O3S/c1-2-24-19(23)15-5-7-18(8-6-15)25-20(21-9-3-4-10-21)22-11-16-13-26-14-17(16)12-22/h15-18,20H,2-14H2,1H3/t15-,16-,17+,18-,20?. The molecule has 0 amide bonds. The topological polar surface area (TPSA) is 42.0 Å². The van der Waals surface area contributed by atoms with Crippen LogP contribution in [0.5, 0.6) is 0 Å². The van der Waals surface area contributed by atoms with E-state index in [1.54, 1.807) is 0 Å². The van der Waals surface area contributed by atoms with Gasteiger partial charge >= 0.3 is 5.97 Å². The summed E-state index contributed by atoms with van der Waals surface area (Å²) in [4.78, 5) is 17.2. The first-order valence-corrected chi connectivity index (χ1v) is 11.8. The average molecular weight is 383 g/mol. The molecule has 3 aliphatic heterocycles. The second-order valence-corrected chi connectivity index (χ2v) is 9.52. The van der Waals surface area contributed by atoms with Crippen molar-refractivity contribution in [1.82, 2.24) is 9.80 Å². The third kappa shape index (κ3) is 4.23. The summed E-state index contributed by atoms with van der Waals surface area (Å²) in [7, 11) is 0. The van der Waals surface area contributed by atoms with E-state index in [1.165, 1.54) is 50.5 Å². The van der Waals surface area contributed by atoms with Crippen LogP contribution in [0.15, 0.2) is 0 Å². The van der Waals surface area contributed by atoms with Crippen LogP contribution in [0, 0.1) is 17.8 Å². The molecule has 6 heteroatoms. The highest BCUT2D eigenvalue weighted by molar-refractivity contribution is 7.99. The van der Waals surface area contributed by atoms with E-state index in [1.807, 2.05) is 6.92 Å². The minimum atomic E-state index is -0.00749. The van der Waals surface area contributed by atoms with Gasteiger partial charge in [-0.25, -0.2) is 0 Å². The zero-order valence-electron chi connectivity index (χ0n) is 16.1. The molecule has 4 aliphatic rings. The van der Waals surface area contributed by atoms with E-state index in [0.717, 1.165) is 37.5 Å². The number of hydrogen-bond donors (Lipinski definition) is 0. The monoisotopic (exact) mass is 382 g/mol. The van der Waals surface area contributed by atoms with Crippen LogP contribution in [0.4, 0.5) is 0 Å². The van der Waals surface area contributed by atoms with Crippen molar-refractivity contribution in [3.63, 3.8) is 0 Å². The minimum absolute atomic E-state index is 0.00749. The number of nitrogens with zero attached hydrogens (tertiary/aromatic N) is 2. The Hall–Kier alpha value is -0.300. The van der Waals surface area contributed by atoms with Crippen LogP contribution in [0.3, 0.4) is 0 Å². The van der Waals surface area contributed by atoms with Gasteiger partial charge in [0.1, 0.15) is 0 Å². The highest BCUT2D eigenvalue weighted by Gasteiger charge is 2.42. The SMILES string of the molecule is CCOC(=O)[C@H]1CC[C@H](OC(N2CCCC2)N2C[C@H]3CSC[C@H]3C2)CC1. The van der Waals surface area contributed by atoms with Crippen LogP contribution >= 0.6 is 11.8 Å². The number of carbonyl (C=O) groups is 1. The molecule has 4 rings (SSSR count). The number of thioether (sulfide) groups is 1. The van der Waals surface area contributed by atoms with Gasteiger partial charge in [-0.3, -0.25) is 14.6 Å². The van der Waals surface area contributed by atoms with Gasteiger partial charge in [0.25, 0.3) is 0 Å². The maximum atomic E-state index is 12.0. The maximum Gasteiger partial charge on any atom is 0.308 e. The van der Waals surface area contributed by atoms with Crippen molar-refractivity contribution in [3.05, 3.63) is 0 Å². The fourth-order valence-electron chi connectivity index (χ4n) is 5.14. The first kappa shape index (κ1) is 19.0. The van der Waals surface area contributed by atoms with Crippen molar-refractivity contribution >= 4 is 17.7 Å². The highest BCUT2D eigenvalue weighted by Crippen LogP contribution is 2.38. The highest BCUT2D eigenvalue weighted by atomic mass is 32.2. The Morgan fingerprint density at radius 1 is 1.04 bits per heavy atom. The molecule has 0 N–H and O–H groups in total. The Balaban J connectivity index is 1.33. The summed E-state index contributed by atoms with van der Waals surface area (Å²) >= 11 is 2.13. The molecule has 26 heavy (non-hydrogen) atoms. The van der Waals surface area contributed by atoms with Crippen LogP contribution < -0.4 is 0 Å². The number of hydrogen-bond acceptors (Lipinski definition) is 6. The number of likely N-dealkylation sites (tertiary alicyclic amines) is 2. The van der Waals surface area contributed by atoms with Gasteiger partial charge in [0.05, 0.1) is 18.6 Å². The molecule has 0 aromatic carbocycles. The van der Waals surface area contributed by atoms with Crippen molar-refractivity contribution in [2.24, 2.45) is 17.8 Å². The Morgan fingerprint density at radius 3 is 2.31 bits per heavy atom. The smallest absolute Gasteiger partial charge is 0.308 e. The zero-order valence-corrected chi connectivity index (χ0v) is 16.9. The Labute approximate surface area is 162 Å². The Kier molecular flexibility index (Phi) is 6.44. The number of esters is 1. The average Bonchev–Trinajstić information content (AvgIpc) is 3.37. The summed E-state index contributed by atoms with van der Waals surface area (Å²) in [5.41, 5.74) is 0. The van der Waals surface area contributed by atoms with Crippen molar-refractivity contribution in [3.8, 4) is 0 Å². The summed E-state index contributed by atoms with van der Waals surface area (Å²) in [6, 6.07) is 0. The molecule has 4 fully saturated rings. The summed E-state index contributed by atoms with van der Waals surface area (Å²) in [5.74, 6) is 4.48. The van der Waals surface area contributed by atoms with Gasteiger partial charge in [0.2, 0.25) is 0 Å². The molecule has 0 aromatic rings. The van der Waals surface area contributed by atoms with Gasteiger partial charge in [-0.05, 0) is 68.8 Å². The largest absolute Gasteiger partial charge is 0.466 e. The molecule has 1 aliphatic carbocycles. The second-order valence-electron chi connectivity index (χ2n) is 8.44. The summed E-state index contributed by atoms with van der Waals surface area (Å²) in [6.45, 7) is 7.12. The summed E-state index contributed by atoms with van der Waals surface area (Å²) in [5, 5.41) is 0. The van der Waals surface area contributed by atoms with Crippen LogP contribution in [0.2, 0.25) is 0 Å². The molecule has 3 heterocycles. The van der Waals surface area contributed by atoms with Crippen molar-refractivity contribution in [1.29, 1.82) is 0 Å². The fourth-order valence-corrected chi connectivity index (χ4v) is 6.63. The normalized spacial score (nSPS) is 37.0. The molecule has 3 atom stereocenters. The van der Waals surface area contributed by atoms with E-state index in [-0.39, 0.29) is 18.2 Å². The van der Waals surface area contributed by atoms with Gasteiger partial charge in [0, 0.05) is 26.2 Å². The van der Waals surface area contributed by atoms with E-state index in [9.17, 15) is 4.79 Å². The lowest BCUT2D eigenvalue weighted by Crippen LogP contribution is -2.50. The number of rotatable bonds is 6. The second kappa shape index (κ2) is 8.80. The van der Waals surface area contributed by atoms with Gasteiger partial charge < -0.3 is 9.47 Å². The molecule has 3 saturated heterocycles. The molecule has 0 spiro atoms. The molecule has 5 nitrogen and oxygen atoms in total. The Morgan fingerprint density at radius 2 is 1.69 bits per heavy atom. The van der Waals surface area contributed by atoms with Gasteiger partial charge in [-0.15, -0.1) is 0 Å².